The molecule has 128 valence electrons. The first-order valence-corrected chi connectivity index (χ1v) is 7.84. The predicted molar refractivity (Wildman–Crippen MR) is 92.9 cm³/mol. The summed E-state index contributed by atoms with van der Waals surface area (Å²) in [7, 11) is 1.61. The minimum Gasteiger partial charge on any atom is -0.467 e. The Hall–Kier alpha value is -3.29. The highest BCUT2D eigenvalue weighted by atomic mass is 16.3. The lowest BCUT2D eigenvalue weighted by Crippen LogP contribution is -2.39. The highest BCUT2D eigenvalue weighted by Crippen LogP contribution is 2.17. The molecule has 4 aromatic rings. The third kappa shape index (κ3) is 2.10. The smallest absolute Gasteiger partial charge is 0.332 e. The van der Waals surface area contributed by atoms with Crippen LogP contribution in [0.4, 0.5) is 0 Å². The molecule has 0 saturated carbocycles. The van der Waals surface area contributed by atoms with Crippen molar-refractivity contribution in [2.75, 3.05) is 0 Å². The highest BCUT2D eigenvalue weighted by molar-refractivity contribution is 5.75. The Morgan fingerprint density at radius 3 is 2.80 bits per heavy atom. The Bertz CT molecular complexity index is 1220. The van der Waals surface area contributed by atoms with Gasteiger partial charge in [0.05, 0.1) is 12.8 Å². The molecule has 0 amide bonds. The quantitative estimate of drug-likeness (QED) is 0.525. The van der Waals surface area contributed by atoms with Crippen LogP contribution in [0.15, 0.2) is 51.3 Å². The van der Waals surface area contributed by atoms with Crippen LogP contribution in [0.2, 0.25) is 0 Å². The fourth-order valence-corrected chi connectivity index (χ4v) is 3.10. The molecule has 0 bridgehead atoms. The van der Waals surface area contributed by atoms with E-state index in [1.54, 1.807) is 17.7 Å². The summed E-state index contributed by atoms with van der Waals surface area (Å²) in [5, 5.41) is 0. The Morgan fingerprint density at radius 2 is 2.12 bits per heavy atom. The van der Waals surface area contributed by atoms with Gasteiger partial charge in [-0.1, -0.05) is 6.08 Å². The maximum Gasteiger partial charge on any atom is 0.332 e. The first-order chi connectivity index (χ1) is 12.0. The molecule has 0 saturated heterocycles. The minimum absolute atomic E-state index is 0.154. The van der Waals surface area contributed by atoms with E-state index in [-0.39, 0.29) is 12.1 Å². The Kier molecular flexibility index (Phi) is 3.28. The van der Waals surface area contributed by atoms with Gasteiger partial charge in [-0.15, -0.1) is 6.58 Å². The summed E-state index contributed by atoms with van der Waals surface area (Å²) >= 11 is 0. The summed E-state index contributed by atoms with van der Waals surface area (Å²) in [6.07, 6.45) is 4.99. The number of hydrogen-bond acceptors (Lipinski definition) is 4. The van der Waals surface area contributed by atoms with Crippen molar-refractivity contribution in [2.45, 2.75) is 20.0 Å². The predicted octanol–water partition coefficient (Wildman–Crippen LogP) is 1.29. The van der Waals surface area contributed by atoms with E-state index in [1.807, 2.05) is 29.8 Å². The van der Waals surface area contributed by atoms with Crippen molar-refractivity contribution >= 4 is 16.9 Å². The van der Waals surface area contributed by atoms with Crippen molar-refractivity contribution in [1.29, 1.82) is 0 Å². The molecule has 4 aromatic heterocycles. The van der Waals surface area contributed by atoms with Gasteiger partial charge in [0.2, 0.25) is 5.78 Å². The standard InChI is InChI=1S/C17H17N5O3/c1-4-7-20-15(23)13-14(19(3)17(20)24)18-16-21(11(2)9-22(13)16)10-12-6-5-8-25-12/h4-6,8-9H,1,7,10H2,2-3H3. The third-order valence-electron chi connectivity index (χ3n) is 4.35. The van der Waals surface area contributed by atoms with E-state index < -0.39 is 5.69 Å². The summed E-state index contributed by atoms with van der Waals surface area (Å²) in [4.78, 5) is 29.8. The van der Waals surface area contributed by atoms with E-state index in [2.05, 4.69) is 11.6 Å². The molecule has 0 aliphatic heterocycles. The Labute approximate surface area is 141 Å². The van der Waals surface area contributed by atoms with Crippen molar-refractivity contribution in [1.82, 2.24) is 23.1 Å². The Morgan fingerprint density at radius 1 is 1.32 bits per heavy atom. The first-order valence-electron chi connectivity index (χ1n) is 7.84. The van der Waals surface area contributed by atoms with Crippen molar-refractivity contribution in [3.63, 3.8) is 0 Å². The fourth-order valence-electron chi connectivity index (χ4n) is 3.10. The SMILES string of the molecule is C=CCn1c(=O)c2c(nc3n(Cc4ccco4)c(C)cn23)n(C)c1=O. The number of aryl methyl sites for hydroxylation is 2. The molecule has 4 rings (SSSR count). The van der Waals surface area contributed by atoms with Gasteiger partial charge in [0.25, 0.3) is 5.56 Å². The van der Waals surface area contributed by atoms with Crippen molar-refractivity contribution < 1.29 is 4.42 Å². The molecule has 0 aliphatic carbocycles. The van der Waals surface area contributed by atoms with Gasteiger partial charge < -0.3 is 8.98 Å². The van der Waals surface area contributed by atoms with Crippen LogP contribution in [0, 0.1) is 6.92 Å². The lowest BCUT2D eigenvalue weighted by molar-refractivity contribution is 0.494. The molecule has 0 aromatic carbocycles. The molecule has 0 aliphatic rings. The molecule has 0 N–H and O–H groups in total. The van der Waals surface area contributed by atoms with Crippen LogP contribution in [0.5, 0.6) is 0 Å². The number of hydrogen-bond donors (Lipinski definition) is 0. The van der Waals surface area contributed by atoms with Crippen LogP contribution in [0.1, 0.15) is 11.5 Å². The van der Waals surface area contributed by atoms with Crippen LogP contribution < -0.4 is 11.2 Å². The summed E-state index contributed by atoms with van der Waals surface area (Å²) < 4.78 is 11.6. The Balaban J connectivity index is 2.07. The zero-order chi connectivity index (χ0) is 17.7. The van der Waals surface area contributed by atoms with Crippen LogP contribution >= 0.6 is 0 Å². The molecule has 0 atom stereocenters. The summed E-state index contributed by atoms with van der Waals surface area (Å²) in [5.41, 5.74) is 0.885. The lowest BCUT2D eigenvalue weighted by Gasteiger charge is -2.05. The third-order valence-corrected chi connectivity index (χ3v) is 4.35. The van der Waals surface area contributed by atoms with E-state index in [9.17, 15) is 9.59 Å². The number of fused-ring (bicyclic) bond motifs is 3. The maximum atomic E-state index is 12.8. The van der Waals surface area contributed by atoms with Crippen LogP contribution in [0.25, 0.3) is 16.9 Å². The summed E-state index contributed by atoms with van der Waals surface area (Å²) in [6, 6.07) is 3.70. The van der Waals surface area contributed by atoms with E-state index in [0.717, 1.165) is 16.0 Å². The molecule has 8 heteroatoms. The number of nitrogens with zero attached hydrogens (tertiary/aromatic N) is 5. The number of aromatic nitrogens is 5. The average molecular weight is 339 g/mol. The second kappa shape index (κ2) is 5.37. The number of imidazole rings is 2. The monoisotopic (exact) mass is 339 g/mol. The van der Waals surface area contributed by atoms with Crippen molar-refractivity contribution in [2.24, 2.45) is 7.05 Å². The maximum absolute atomic E-state index is 12.8. The fraction of sp³-hybridized carbons (Fsp3) is 0.235. The molecule has 0 radical (unpaired) electrons. The van der Waals surface area contributed by atoms with E-state index in [4.69, 9.17) is 4.42 Å². The van der Waals surface area contributed by atoms with Gasteiger partial charge in [-0.05, 0) is 19.1 Å². The van der Waals surface area contributed by atoms with Gasteiger partial charge in [-0.3, -0.25) is 18.3 Å². The number of allylic oxidation sites excluding steroid dienone is 1. The van der Waals surface area contributed by atoms with E-state index in [0.29, 0.717) is 23.5 Å². The molecule has 0 fully saturated rings. The van der Waals surface area contributed by atoms with Crippen LogP contribution in [0.3, 0.4) is 0 Å². The molecule has 4 heterocycles. The minimum atomic E-state index is -0.410. The summed E-state index contributed by atoms with van der Waals surface area (Å²) in [6.45, 7) is 6.20. The zero-order valence-corrected chi connectivity index (χ0v) is 14.0. The first kappa shape index (κ1) is 15.3. The van der Waals surface area contributed by atoms with Gasteiger partial charge in [-0.25, -0.2) is 4.79 Å². The second-order valence-corrected chi connectivity index (χ2v) is 5.94. The van der Waals surface area contributed by atoms with Gasteiger partial charge in [0, 0.05) is 25.5 Å². The van der Waals surface area contributed by atoms with Crippen molar-refractivity contribution in [3.05, 3.63) is 69.5 Å². The second-order valence-electron chi connectivity index (χ2n) is 5.94. The molecule has 25 heavy (non-hydrogen) atoms. The number of rotatable bonds is 4. The van der Waals surface area contributed by atoms with Gasteiger partial charge in [0.15, 0.2) is 11.2 Å². The normalized spacial score (nSPS) is 11.6. The van der Waals surface area contributed by atoms with Crippen LogP contribution in [-0.2, 0) is 20.1 Å². The van der Waals surface area contributed by atoms with Gasteiger partial charge in [-0.2, -0.15) is 4.98 Å². The topological polar surface area (TPSA) is 79.4 Å². The molecular formula is C17H17N5O3. The molecular weight excluding hydrogens is 322 g/mol. The largest absolute Gasteiger partial charge is 0.467 e. The zero-order valence-electron chi connectivity index (χ0n) is 14.0. The van der Waals surface area contributed by atoms with Gasteiger partial charge >= 0.3 is 5.69 Å². The highest BCUT2D eigenvalue weighted by Gasteiger charge is 2.20. The van der Waals surface area contributed by atoms with E-state index >= 15 is 0 Å². The number of furan rings is 1. The molecule has 0 spiro atoms. The summed E-state index contributed by atoms with van der Waals surface area (Å²) in [5.74, 6) is 1.37. The van der Waals surface area contributed by atoms with Crippen molar-refractivity contribution in [3.8, 4) is 0 Å². The molecule has 0 unspecified atom stereocenters. The van der Waals surface area contributed by atoms with Gasteiger partial charge in [0.1, 0.15) is 5.76 Å². The lowest BCUT2D eigenvalue weighted by atomic mass is 10.4. The molecule has 8 nitrogen and oxygen atoms in total. The average Bonchev–Trinajstić information content (AvgIpc) is 3.28. The van der Waals surface area contributed by atoms with Crippen LogP contribution in [-0.4, -0.2) is 23.1 Å². The van der Waals surface area contributed by atoms with E-state index in [1.165, 1.54) is 10.6 Å².